The Morgan fingerprint density at radius 3 is 2.50 bits per heavy atom. The summed E-state index contributed by atoms with van der Waals surface area (Å²) in [6.45, 7) is 1.80. The Labute approximate surface area is 71.3 Å². The van der Waals surface area contributed by atoms with Crippen LogP contribution in [0.25, 0.3) is 0 Å². The Balaban J connectivity index is 3.52. The van der Waals surface area contributed by atoms with E-state index in [-0.39, 0.29) is 13.2 Å². The van der Waals surface area contributed by atoms with Crippen molar-refractivity contribution >= 4 is 5.97 Å². The van der Waals surface area contributed by atoms with Crippen molar-refractivity contribution in [2.24, 2.45) is 0 Å². The molecule has 0 aromatic heterocycles. The average molecular weight is 177 g/mol. The number of carbonyl (C=O) groups is 1. The molecular formula is C7H15NO4. The van der Waals surface area contributed by atoms with E-state index in [1.165, 1.54) is 0 Å². The lowest BCUT2D eigenvalue weighted by Gasteiger charge is -2.12. The highest BCUT2D eigenvalue weighted by atomic mass is 16.5. The number of carboxylic acids is 1. The van der Waals surface area contributed by atoms with E-state index in [9.17, 15) is 4.79 Å². The molecule has 0 aromatic rings. The topological polar surface area (TPSA) is 78.8 Å². The zero-order valence-corrected chi connectivity index (χ0v) is 7.28. The van der Waals surface area contributed by atoms with Crippen LogP contribution in [0.2, 0.25) is 0 Å². The largest absolute Gasteiger partial charge is 0.480 e. The SMILES string of the molecule is CNC(COCC(C)O)C(=O)O. The van der Waals surface area contributed by atoms with Gasteiger partial charge in [0.15, 0.2) is 0 Å². The summed E-state index contributed by atoms with van der Waals surface area (Å²) in [6, 6.07) is -0.705. The van der Waals surface area contributed by atoms with Crippen molar-refractivity contribution in [3.63, 3.8) is 0 Å². The lowest BCUT2D eigenvalue weighted by atomic mass is 10.3. The zero-order chi connectivity index (χ0) is 9.56. The molecule has 0 aliphatic rings. The maximum Gasteiger partial charge on any atom is 0.323 e. The van der Waals surface area contributed by atoms with Crippen molar-refractivity contribution in [1.29, 1.82) is 0 Å². The predicted octanol–water partition coefficient (Wildman–Crippen LogP) is -0.944. The molecule has 0 aliphatic carbocycles. The summed E-state index contributed by atoms with van der Waals surface area (Å²) in [5, 5.41) is 19.9. The minimum atomic E-state index is -0.955. The minimum Gasteiger partial charge on any atom is -0.480 e. The third kappa shape index (κ3) is 5.06. The second-order valence-electron chi connectivity index (χ2n) is 2.57. The molecule has 0 aromatic carbocycles. The van der Waals surface area contributed by atoms with Gasteiger partial charge >= 0.3 is 5.97 Å². The standard InChI is InChI=1S/C7H15NO4/c1-5(9)3-12-4-6(8-2)7(10)11/h5-6,8-9H,3-4H2,1-2H3,(H,10,11). The van der Waals surface area contributed by atoms with E-state index in [0.717, 1.165) is 0 Å². The van der Waals surface area contributed by atoms with Gasteiger partial charge < -0.3 is 20.3 Å². The molecule has 0 radical (unpaired) electrons. The maximum absolute atomic E-state index is 10.4. The van der Waals surface area contributed by atoms with Gasteiger partial charge in [0.1, 0.15) is 6.04 Å². The van der Waals surface area contributed by atoms with E-state index < -0.39 is 18.1 Å². The first-order valence-electron chi connectivity index (χ1n) is 3.73. The summed E-state index contributed by atoms with van der Waals surface area (Å²) in [5.74, 6) is -0.955. The fraction of sp³-hybridized carbons (Fsp3) is 0.857. The molecule has 0 fully saturated rings. The molecule has 2 unspecified atom stereocenters. The first-order valence-corrected chi connectivity index (χ1v) is 3.73. The van der Waals surface area contributed by atoms with Gasteiger partial charge in [-0.15, -0.1) is 0 Å². The van der Waals surface area contributed by atoms with Crippen LogP contribution in [-0.2, 0) is 9.53 Å². The van der Waals surface area contributed by atoms with Crippen LogP contribution in [0.4, 0.5) is 0 Å². The fourth-order valence-corrected chi connectivity index (χ4v) is 0.635. The lowest BCUT2D eigenvalue weighted by molar-refractivity contribution is -0.141. The fourth-order valence-electron chi connectivity index (χ4n) is 0.635. The molecule has 0 aliphatic heterocycles. The second kappa shape index (κ2) is 5.93. The lowest BCUT2D eigenvalue weighted by Crippen LogP contribution is -2.38. The summed E-state index contributed by atoms with van der Waals surface area (Å²) in [4.78, 5) is 10.4. The van der Waals surface area contributed by atoms with Crippen molar-refractivity contribution in [2.75, 3.05) is 20.3 Å². The molecule has 0 saturated heterocycles. The van der Waals surface area contributed by atoms with E-state index in [0.29, 0.717) is 0 Å². The van der Waals surface area contributed by atoms with Gasteiger partial charge in [0, 0.05) is 0 Å². The van der Waals surface area contributed by atoms with Crippen molar-refractivity contribution in [1.82, 2.24) is 5.32 Å². The molecule has 5 heteroatoms. The van der Waals surface area contributed by atoms with E-state index in [1.54, 1.807) is 14.0 Å². The van der Waals surface area contributed by atoms with Crippen LogP contribution in [-0.4, -0.2) is 48.6 Å². The van der Waals surface area contributed by atoms with E-state index >= 15 is 0 Å². The van der Waals surface area contributed by atoms with Crippen molar-refractivity contribution in [2.45, 2.75) is 19.1 Å². The second-order valence-corrected chi connectivity index (χ2v) is 2.57. The maximum atomic E-state index is 10.4. The van der Waals surface area contributed by atoms with Gasteiger partial charge in [0.05, 0.1) is 19.3 Å². The monoisotopic (exact) mass is 177 g/mol. The Morgan fingerprint density at radius 1 is 1.58 bits per heavy atom. The van der Waals surface area contributed by atoms with E-state index in [1.807, 2.05) is 0 Å². The number of carboxylic acid groups (broad SMARTS) is 1. The molecule has 72 valence electrons. The van der Waals surface area contributed by atoms with Crippen LogP contribution in [0.5, 0.6) is 0 Å². The number of ether oxygens (including phenoxy) is 1. The highest BCUT2D eigenvalue weighted by Gasteiger charge is 2.14. The summed E-state index contributed by atoms with van der Waals surface area (Å²) >= 11 is 0. The van der Waals surface area contributed by atoms with Crippen molar-refractivity contribution in [3.8, 4) is 0 Å². The molecule has 0 rings (SSSR count). The van der Waals surface area contributed by atoms with Gasteiger partial charge in [0.2, 0.25) is 0 Å². The Kier molecular flexibility index (Phi) is 5.61. The smallest absolute Gasteiger partial charge is 0.323 e. The summed E-state index contributed by atoms with van der Waals surface area (Å²) < 4.78 is 4.92. The molecule has 0 spiro atoms. The van der Waals surface area contributed by atoms with Crippen LogP contribution < -0.4 is 5.32 Å². The normalized spacial score (nSPS) is 15.6. The number of rotatable bonds is 6. The minimum absolute atomic E-state index is 0.0662. The van der Waals surface area contributed by atoms with Gasteiger partial charge in [-0.2, -0.15) is 0 Å². The van der Waals surface area contributed by atoms with Crippen LogP contribution in [0.3, 0.4) is 0 Å². The molecule has 0 saturated carbocycles. The van der Waals surface area contributed by atoms with Crippen LogP contribution in [0.15, 0.2) is 0 Å². The first-order chi connectivity index (χ1) is 5.57. The number of nitrogens with one attached hydrogen (secondary N) is 1. The molecule has 3 N–H and O–H groups in total. The molecular weight excluding hydrogens is 162 g/mol. The number of aliphatic hydroxyl groups is 1. The Morgan fingerprint density at radius 2 is 2.17 bits per heavy atom. The third-order valence-corrected chi connectivity index (χ3v) is 1.29. The van der Waals surface area contributed by atoms with Crippen molar-refractivity contribution < 1.29 is 19.7 Å². The summed E-state index contributed by atoms with van der Waals surface area (Å²) in [7, 11) is 1.55. The van der Waals surface area contributed by atoms with Gasteiger partial charge in [-0.3, -0.25) is 4.79 Å². The Hall–Kier alpha value is -0.650. The molecule has 5 nitrogen and oxygen atoms in total. The van der Waals surface area contributed by atoms with Crippen LogP contribution >= 0.6 is 0 Å². The van der Waals surface area contributed by atoms with Gasteiger partial charge in [0.25, 0.3) is 0 Å². The zero-order valence-electron chi connectivity index (χ0n) is 7.28. The molecule has 0 amide bonds. The predicted molar refractivity (Wildman–Crippen MR) is 43.0 cm³/mol. The highest BCUT2D eigenvalue weighted by molar-refractivity contribution is 5.73. The van der Waals surface area contributed by atoms with E-state index in [2.05, 4.69) is 5.32 Å². The molecule has 2 atom stereocenters. The molecule has 0 heterocycles. The molecule has 12 heavy (non-hydrogen) atoms. The Bertz CT molecular complexity index is 137. The van der Waals surface area contributed by atoms with E-state index in [4.69, 9.17) is 14.9 Å². The van der Waals surface area contributed by atoms with Gasteiger partial charge in [-0.05, 0) is 14.0 Å². The van der Waals surface area contributed by atoms with Crippen LogP contribution in [0, 0.1) is 0 Å². The quantitative estimate of drug-likeness (QED) is 0.488. The number of hydrogen-bond acceptors (Lipinski definition) is 4. The summed E-state index contributed by atoms with van der Waals surface area (Å²) in [5.41, 5.74) is 0. The summed E-state index contributed by atoms with van der Waals surface area (Å²) in [6.07, 6.45) is -0.559. The highest BCUT2D eigenvalue weighted by Crippen LogP contribution is 1.88. The van der Waals surface area contributed by atoms with Gasteiger partial charge in [-0.25, -0.2) is 0 Å². The number of likely N-dealkylation sites (N-methyl/N-ethyl adjacent to an activating group) is 1. The van der Waals surface area contributed by atoms with Crippen molar-refractivity contribution in [3.05, 3.63) is 0 Å². The first kappa shape index (κ1) is 11.4. The number of aliphatic hydroxyl groups excluding tert-OH is 1. The van der Waals surface area contributed by atoms with Gasteiger partial charge in [-0.1, -0.05) is 0 Å². The average Bonchev–Trinajstić information content (AvgIpc) is 1.96. The van der Waals surface area contributed by atoms with Crippen LogP contribution in [0.1, 0.15) is 6.92 Å². The number of aliphatic carboxylic acids is 1. The number of hydrogen-bond donors (Lipinski definition) is 3. The molecule has 0 bridgehead atoms. The third-order valence-electron chi connectivity index (χ3n) is 1.29.